The molecule has 0 saturated heterocycles. The van der Waals surface area contributed by atoms with Crippen molar-refractivity contribution >= 4 is 0 Å². The maximum Gasteiger partial charge on any atom is 0.331 e. The number of hydrogen-bond acceptors (Lipinski definition) is 2. The van der Waals surface area contributed by atoms with Crippen LogP contribution in [0, 0.1) is 6.92 Å². The van der Waals surface area contributed by atoms with Gasteiger partial charge in [-0.2, -0.15) is 0 Å². The van der Waals surface area contributed by atoms with E-state index < -0.39 is 5.54 Å². The lowest BCUT2D eigenvalue weighted by molar-refractivity contribution is 0.310. The van der Waals surface area contributed by atoms with E-state index in [1.807, 2.05) is 20.8 Å². The number of hydrogen-bond donors (Lipinski definition) is 0. The molecule has 1 aromatic heterocycles. The fourth-order valence-corrected chi connectivity index (χ4v) is 1.45. The van der Waals surface area contributed by atoms with E-state index in [4.69, 9.17) is 0 Å². The first-order valence-corrected chi connectivity index (χ1v) is 5.11. The van der Waals surface area contributed by atoms with E-state index in [1.165, 1.54) is 15.2 Å². The molecule has 0 saturated carbocycles. The second-order valence-electron chi connectivity index (χ2n) is 4.47. The summed E-state index contributed by atoms with van der Waals surface area (Å²) < 4.78 is 2.82. The van der Waals surface area contributed by atoms with Crippen molar-refractivity contribution in [2.24, 2.45) is 7.05 Å². The van der Waals surface area contributed by atoms with E-state index in [-0.39, 0.29) is 11.2 Å². The van der Waals surface area contributed by atoms with Crippen molar-refractivity contribution in [2.75, 3.05) is 0 Å². The highest BCUT2D eigenvalue weighted by molar-refractivity contribution is 5.01. The molecule has 0 aliphatic heterocycles. The molecule has 0 aliphatic rings. The second-order valence-corrected chi connectivity index (χ2v) is 4.47. The normalized spacial score (nSPS) is 11.8. The summed E-state index contributed by atoms with van der Waals surface area (Å²) in [6, 6.07) is 1.50. The van der Waals surface area contributed by atoms with E-state index in [2.05, 4.69) is 0 Å². The number of aromatic nitrogens is 2. The van der Waals surface area contributed by atoms with Crippen molar-refractivity contribution < 1.29 is 0 Å². The molecule has 4 heteroatoms. The molecule has 0 fully saturated rings. The van der Waals surface area contributed by atoms with Crippen LogP contribution in [0.15, 0.2) is 15.7 Å². The van der Waals surface area contributed by atoms with Gasteiger partial charge < -0.3 is 4.57 Å². The highest BCUT2D eigenvalue weighted by Crippen LogP contribution is 2.14. The summed E-state index contributed by atoms with van der Waals surface area (Å²) in [6.45, 7) is 7.51. The van der Waals surface area contributed by atoms with Gasteiger partial charge in [-0.25, -0.2) is 4.79 Å². The highest BCUT2D eigenvalue weighted by Gasteiger charge is 2.22. The Morgan fingerprint density at radius 1 is 1.33 bits per heavy atom. The van der Waals surface area contributed by atoms with Crippen molar-refractivity contribution in [3.63, 3.8) is 0 Å². The Hall–Kier alpha value is -1.32. The minimum absolute atomic E-state index is 0.220. The molecule has 0 spiro atoms. The van der Waals surface area contributed by atoms with Gasteiger partial charge in [0, 0.05) is 24.3 Å². The average Bonchev–Trinajstić information content (AvgIpc) is 2.14. The van der Waals surface area contributed by atoms with Crippen LogP contribution in [-0.2, 0) is 12.6 Å². The summed E-state index contributed by atoms with van der Waals surface area (Å²) in [5, 5.41) is 0. The zero-order valence-electron chi connectivity index (χ0n) is 10.00. The van der Waals surface area contributed by atoms with E-state index in [9.17, 15) is 9.59 Å². The Balaban J connectivity index is 3.65. The van der Waals surface area contributed by atoms with Crippen molar-refractivity contribution in [1.82, 2.24) is 9.13 Å². The monoisotopic (exact) mass is 210 g/mol. The molecule has 1 rings (SSSR count). The molecule has 0 aliphatic carbocycles. The van der Waals surface area contributed by atoms with Gasteiger partial charge in [0.15, 0.2) is 0 Å². The molecule has 0 bridgehead atoms. The van der Waals surface area contributed by atoms with Gasteiger partial charge in [-0.3, -0.25) is 9.36 Å². The zero-order valence-corrected chi connectivity index (χ0v) is 10.00. The summed E-state index contributed by atoms with van der Waals surface area (Å²) in [5.41, 5.74) is -0.206. The molecule has 15 heavy (non-hydrogen) atoms. The predicted molar refractivity (Wildman–Crippen MR) is 60.3 cm³/mol. The third-order valence-electron chi connectivity index (χ3n) is 3.03. The van der Waals surface area contributed by atoms with E-state index >= 15 is 0 Å². The summed E-state index contributed by atoms with van der Waals surface area (Å²) in [6.07, 6.45) is 0.741. The maximum absolute atomic E-state index is 11.9. The van der Waals surface area contributed by atoms with Gasteiger partial charge in [-0.15, -0.1) is 0 Å². The van der Waals surface area contributed by atoms with Crippen LogP contribution in [0.2, 0.25) is 0 Å². The van der Waals surface area contributed by atoms with Gasteiger partial charge in [0.1, 0.15) is 0 Å². The van der Waals surface area contributed by atoms with Gasteiger partial charge >= 0.3 is 5.69 Å². The lowest BCUT2D eigenvalue weighted by Gasteiger charge is -2.25. The van der Waals surface area contributed by atoms with Crippen LogP contribution in [0.5, 0.6) is 0 Å². The zero-order chi connectivity index (χ0) is 11.8. The first-order valence-electron chi connectivity index (χ1n) is 5.11. The Bertz CT molecular complexity index is 480. The molecule has 0 radical (unpaired) electrons. The first kappa shape index (κ1) is 11.8. The van der Waals surface area contributed by atoms with Crippen molar-refractivity contribution in [2.45, 2.75) is 39.7 Å². The van der Waals surface area contributed by atoms with Crippen LogP contribution >= 0.6 is 0 Å². The van der Waals surface area contributed by atoms with E-state index in [1.54, 1.807) is 14.0 Å². The smallest absolute Gasteiger partial charge is 0.301 e. The number of rotatable bonds is 2. The van der Waals surface area contributed by atoms with Crippen LogP contribution in [-0.4, -0.2) is 9.13 Å². The second kappa shape index (κ2) is 3.68. The quantitative estimate of drug-likeness (QED) is 0.731. The highest BCUT2D eigenvalue weighted by atomic mass is 16.2. The molecular formula is C11H18N2O2. The average molecular weight is 210 g/mol. The molecule has 4 nitrogen and oxygen atoms in total. The third-order valence-corrected chi connectivity index (χ3v) is 3.03. The predicted octanol–water partition coefficient (Wildman–Crippen LogP) is 1.00. The van der Waals surface area contributed by atoms with Crippen molar-refractivity contribution in [1.29, 1.82) is 0 Å². The summed E-state index contributed by atoms with van der Waals surface area (Å²) in [7, 11) is 1.68. The molecule has 0 amide bonds. The summed E-state index contributed by atoms with van der Waals surface area (Å²) in [5.74, 6) is 0. The number of aryl methyl sites for hydroxylation is 1. The molecule has 1 aromatic rings. The summed E-state index contributed by atoms with van der Waals surface area (Å²) in [4.78, 5) is 23.7. The van der Waals surface area contributed by atoms with E-state index in [0.29, 0.717) is 5.69 Å². The molecule has 0 aromatic carbocycles. The molecule has 1 heterocycles. The van der Waals surface area contributed by atoms with Gasteiger partial charge in [0.25, 0.3) is 5.56 Å². The van der Waals surface area contributed by atoms with Crippen molar-refractivity contribution in [3.8, 4) is 0 Å². The van der Waals surface area contributed by atoms with Gasteiger partial charge in [-0.1, -0.05) is 6.92 Å². The van der Waals surface area contributed by atoms with Crippen molar-refractivity contribution in [3.05, 3.63) is 32.6 Å². The van der Waals surface area contributed by atoms with Gasteiger partial charge in [0.2, 0.25) is 0 Å². The Kier molecular flexibility index (Phi) is 2.88. The van der Waals surface area contributed by atoms with Gasteiger partial charge in [-0.05, 0) is 27.2 Å². The Morgan fingerprint density at radius 2 is 1.87 bits per heavy atom. The SMILES string of the molecule is CCC(C)(C)n1c(=O)cc(C)n(C)c1=O. The molecule has 0 unspecified atom stereocenters. The van der Waals surface area contributed by atoms with Crippen LogP contribution in [0.3, 0.4) is 0 Å². The van der Waals surface area contributed by atoms with Gasteiger partial charge in [0.05, 0.1) is 0 Å². The molecule has 0 N–H and O–H groups in total. The van der Waals surface area contributed by atoms with Crippen LogP contribution in [0.4, 0.5) is 0 Å². The van der Waals surface area contributed by atoms with Crippen LogP contribution in [0.1, 0.15) is 32.9 Å². The topological polar surface area (TPSA) is 44.0 Å². The largest absolute Gasteiger partial charge is 0.331 e. The third kappa shape index (κ3) is 1.89. The Morgan fingerprint density at radius 3 is 2.33 bits per heavy atom. The lowest BCUT2D eigenvalue weighted by Crippen LogP contribution is -2.48. The fraction of sp³-hybridized carbons (Fsp3) is 0.636. The number of nitrogens with zero attached hydrogens (tertiary/aromatic N) is 2. The molecule has 84 valence electrons. The van der Waals surface area contributed by atoms with Crippen LogP contribution in [0.25, 0.3) is 0 Å². The maximum atomic E-state index is 11.9. The lowest BCUT2D eigenvalue weighted by atomic mass is 10.0. The first-order chi connectivity index (χ1) is 6.81. The van der Waals surface area contributed by atoms with E-state index in [0.717, 1.165) is 6.42 Å². The fourth-order valence-electron chi connectivity index (χ4n) is 1.45. The standard InChI is InChI=1S/C11H18N2O2/c1-6-11(3,4)13-9(14)7-8(2)12(5)10(13)15/h7H,6H2,1-5H3. The summed E-state index contributed by atoms with van der Waals surface area (Å²) >= 11 is 0. The minimum Gasteiger partial charge on any atom is -0.301 e. The molecular weight excluding hydrogens is 192 g/mol. The molecule has 0 atom stereocenters. The van der Waals surface area contributed by atoms with Crippen LogP contribution < -0.4 is 11.2 Å². The minimum atomic E-state index is -0.431. The Labute approximate surface area is 89.2 Å².